The third-order valence-electron chi connectivity index (χ3n) is 12.3. The Bertz CT molecular complexity index is 1400. The standard InChI is InChI=1S/C64H108O6/c1-4-7-10-13-16-19-22-24-26-28-29-30-31-32-33-34-35-37-38-40-42-45-48-51-54-57-63(66)69-60-61(59-68-62(65)56-53-50-47-44-21-18-15-12-9-6-3)70-64(67)58-55-52-49-46-43-41-39-36-27-25-23-20-17-14-11-8-5-2/h8,11-12,15,17,20,22,24-25,27-29,31-32,39,41,61H,4-7,9-10,13-14,16,18-19,21,23,26,30,33-38,40,42-60H2,1-3H3/b11-8-,15-12-,20-17-,24-22-,27-25-,29-28-,32-31-,41-39-. The molecule has 400 valence electrons. The number of ether oxygens (including phenoxy) is 3. The van der Waals surface area contributed by atoms with E-state index >= 15 is 0 Å². The highest BCUT2D eigenvalue weighted by atomic mass is 16.6. The van der Waals surface area contributed by atoms with E-state index in [4.69, 9.17) is 14.2 Å². The number of hydrogen-bond donors (Lipinski definition) is 0. The largest absolute Gasteiger partial charge is 0.462 e. The second-order valence-corrected chi connectivity index (χ2v) is 19.2. The molecule has 0 aromatic heterocycles. The zero-order valence-corrected chi connectivity index (χ0v) is 45.8. The molecule has 0 aromatic rings. The van der Waals surface area contributed by atoms with Crippen LogP contribution in [0.1, 0.15) is 271 Å². The normalized spacial score (nSPS) is 12.8. The molecule has 0 amide bonds. The van der Waals surface area contributed by atoms with Crippen LogP contribution in [-0.4, -0.2) is 37.2 Å². The first kappa shape index (κ1) is 66.3. The van der Waals surface area contributed by atoms with Crippen molar-refractivity contribution in [2.24, 2.45) is 0 Å². The zero-order chi connectivity index (χ0) is 50.7. The highest BCUT2D eigenvalue weighted by Gasteiger charge is 2.19. The van der Waals surface area contributed by atoms with Crippen LogP contribution in [0, 0.1) is 0 Å². The van der Waals surface area contributed by atoms with E-state index in [0.717, 1.165) is 128 Å². The first-order valence-corrected chi connectivity index (χ1v) is 29.2. The Balaban J connectivity index is 4.31. The molecule has 0 aliphatic heterocycles. The Morgan fingerprint density at radius 1 is 0.300 bits per heavy atom. The van der Waals surface area contributed by atoms with Crippen molar-refractivity contribution in [3.63, 3.8) is 0 Å². The molecule has 6 heteroatoms. The average molecular weight is 974 g/mol. The molecule has 1 atom stereocenters. The fraction of sp³-hybridized carbons (Fsp3) is 0.703. The van der Waals surface area contributed by atoms with Gasteiger partial charge in [0.25, 0.3) is 0 Å². The van der Waals surface area contributed by atoms with E-state index in [0.29, 0.717) is 19.3 Å². The van der Waals surface area contributed by atoms with Gasteiger partial charge in [0.1, 0.15) is 13.2 Å². The van der Waals surface area contributed by atoms with Gasteiger partial charge in [-0.05, 0) is 116 Å². The predicted molar refractivity (Wildman–Crippen MR) is 302 cm³/mol. The Labute approximate surface area is 432 Å². The van der Waals surface area contributed by atoms with Crippen molar-refractivity contribution in [3.05, 3.63) is 97.2 Å². The van der Waals surface area contributed by atoms with Crippen LogP contribution in [0.5, 0.6) is 0 Å². The minimum atomic E-state index is -0.796. The lowest BCUT2D eigenvalue weighted by atomic mass is 10.1. The summed E-state index contributed by atoms with van der Waals surface area (Å²) in [6, 6.07) is 0. The lowest BCUT2D eigenvalue weighted by Gasteiger charge is -2.18. The Kier molecular flexibility index (Phi) is 54.9. The fourth-order valence-electron chi connectivity index (χ4n) is 7.91. The average Bonchev–Trinajstić information content (AvgIpc) is 3.36. The van der Waals surface area contributed by atoms with Crippen LogP contribution in [0.25, 0.3) is 0 Å². The molecule has 0 fully saturated rings. The van der Waals surface area contributed by atoms with Gasteiger partial charge in [0.15, 0.2) is 6.10 Å². The van der Waals surface area contributed by atoms with Crippen molar-refractivity contribution in [1.29, 1.82) is 0 Å². The number of rotatable bonds is 52. The number of carbonyl (C=O) groups is 3. The summed E-state index contributed by atoms with van der Waals surface area (Å²) in [5.74, 6) is -0.930. The molecule has 1 unspecified atom stereocenters. The van der Waals surface area contributed by atoms with E-state index in [1.54, 1.807) is 0 Å². The van der Waals surface area contributed by atoms with Gasteiger partial charge in [-0.25, -0.2) is 0 Å². The molecule has 6 nitrogen and oxygen atoms in total. The van der Waals surface area contributed by atoms with E-state index in [9.17, 15) is 14.4 Å². The van der Waals surface area contributed by atoms with Gasteiger partial charge in [-0.1, -0.05) is 234 Å². The second-order valence-electron chi connectivity index (χ2n) is 19.2. The number of carbonyl (C=O) groups excluding carboxylic acids is 3. The van der Waals surface area contributed by atoms with Gasteiger partial charge in [-0.15, -0.1) is 0 Å². The molecule has 0 rings (SSSR count). The van der Waals surface area contributed by atoms with Crippen molar-refractivity contribution in [1.82, 2.24) is 0 Å². The van der Waals surface area contributed by atoms with E-state index in [-0.39, 0.29) is 31.1 Å². The van der Waals surface area contributed by atoms with E-state index < -0.39 is 6.10 Å². The number of esters is 3. The van der Waals surface area contributed by atoms with E-state index in [1.807, 2.05) is 0 Å². The quantitative estimate of drug-likeness (QED) is 0.0262. The van der Waals surface area contributed by atoms with Crippen LogP contribution < -0.4 is 0 Å². The topological polar surface area (TPSA) is 78.9 Å². The fourth-order valence-corrected chi connectivity index (χ4v) is 7.91. The highest BCUT2D eigenvalue weighted by Crippen LogP contribution is 2.15. The van der Waals surface area contributed by atoms with Crippen molar-refractivity contribution >= 4 is 17.9 Å². The summed E-state index contributed by atoms with van der Waals surface area (Å²) in [5.41, 5.74) is 0. The summed E-state index contributed by atoms with van der Waals surface area (Å²) >= 11 is 0. The van der Waals surface area contributed by atoms with Crippen LogP contribution in [0.3, 0.4) is 0 Å². The molecular formula is C64H108O6. The van der Waals surface area contributed by atoms with Crippen LogP contribution in [0.4, 0.5) is 0 Å². The molecule has 0 heterocycles. The molecule has 70 heavy (non-hydrogen) atoms. The molecule has 0 bridgehead atoms. The molecule has 0 aliphatic rings. The van der Waals surface area contributed by atoms with Crippen molar-refractivity contribution in [2.75, 3.05) is 13.2 Å². The summed E-state index contributed by atoms with van der Waals surface area (Å²) in [7, 11) is 0. The first-order valence-electron chi connectivity index (χ1n) is 29.2. The van der Waals surface area contributed by atoms with E-state index in [1.165, 1.54) is 103 Å². The summed E-state index contributed by atoms with van der Waals surface area (Å²) in [5, 5.41) is 0. The lowest BCUT2D eigenvalue weighted by molar-refractivity contribution is -0.167. The monoisotopic (exact) mass is 973 g/mol. The van der Waals surface area contributed by atoms with Crippen LogP contribution in [-0.2, 0) is 28.6 Å². The molecule has 0 radical (unpaired) electrons. The number of allylic oxidation sites excluding steroid dienone is 16. The first-order chi connectivity index (χ1) is 34.5. The summed E-state index contributed by atoms with van der Waals surface area (Å²) < 4.78 is 16.8. The maximum atomic E-state index is 12.8. The number of unbranched alkanes of at least 4 members (excludes halogenated alkanes) is 25. The van der Waals surface area contributed by atoms with Crippen LogP contribution >= 0.6 is 0 Å². The van der Waals surface area contributed by atoms with Crippen molar-refractivity contribution < 1.29 is 28.6 Å². The van der Waals surface area contributed by atoms with Gasteiger partial charge in [0, 0.05) is 19.3 Å². The van der Waals surface area contributed by atoms with Crippen LogP contribution in [0.2, 0.25) is 0 Å². The van der Waals surface area contributed by atoms with Gasteiger partial charge in [0.05, 0.1) is 0 Å². The lowest BCUT2D eigenvalue weighted by Crippen LogP contribution is -2.30. The molecule has 0 aromatic carbocycles. The molecule has 0 saturated carbocycles. The molecule has 0 N–H and O–H groups in total. The second kappa shape index (κ2) is 57.9. The van der Waals surface area contributed by atoms with Gasteiger partial charge >= 0.3 is 17.9 Å². The number of hydrogen-bond acceptors (Lipinski definition) is 6. The van der Waals surface area contributed by atoms with Crippen LogP contribution in [0.15, 0.2) is 97.2 Å². The molecular weight excluding hydrogens is 865 g/mol. The van der Waals surface area contributed by atoms with E-state index in [2.05, 4.69) is 118 Å². The molecule has 0 saturated heterocycles. The third-order valence-corrected chi connectivity index (χ3v) is 12.3. The summed E-state index contributed by atoms with van der Waals surface area (Å²) in [6.07, 6.45) is 76.9. The smallest absolute Gasteiger partial charge is 0.306 e. The van der Waals surface area contributed by atoms with Gasteiger partial charge in [-0.2, -0.15) is 0 Å². The van der Waals surface area contributed by atoms with Gasteiger partial charge < -0.3 is 14.2 Å². The minimum Gasteiger partial charge on any atom is -0.462 e. The maximum absolute atomic E-state index is 12.8. The minimum absolute atomic E-state index is 0.0928. The summed E-state index contributed by atoms with van der Waals surface area (Å²) in [6.45, 7) is 6.43. The molecule has 0 aliphatic carbocycles. The zero-order valence-electron chi connectivity index (χ0n) is 45.8. The Morgan fingerprint density at radius 3 is 0.943 bits per heavy atom. The Hall–Kier alpha value is -3.67. The summed E-state index contributed by atoms with van der Waals surface area (Å²) in [4.78, 5) is 38.1. The highest BCUT2D eigenvalue weighted by molar-refractivity contribution is 5.71. The van der Waals surface area contributed by atoms with Crippen molar-refractivity contribution in [2.45, 2.75) is 277 Å². The maximum Gasteiger partial charge on any atom is 0.306 e. The van der Waals surface area contributed by atoms with Crippen molar-refractivity contribution in [3.8, 4) is 0 Å². The predicted octanol–water partition coefficient (Wildman–Crippen LogP) is 19.7. The third kappa shape index (κ3) is 55.3. The SMILES string of the molecule is CC/C=C\C/C=C\C/C=C\C/C=C\CCCCCCC(=O)OC(COC(=O)CCCCCCC/C=C\CCC)COC(=O)CCCCCCCCCCCC/C=C\C/C=C\C/C=C\CCCCCCC. The van der Waals surface area contributed by atoms with Gasteiger partial charge in [-0.3, -0.25) is 14.4 Å². The van der Waals surface area contributed by atoms with Gasteiger partial charge in [0.2, 0.25) is 0 Å². The molecule has 0 spiro atoms. The Morgan fingerprint density at radius 2 is 0.586 bits per heavy atom.